The molecule has 0 aliphatic heterocycles. The lowest BCUT2D eigenvalue weighted by Crippen LogP contribution is -2.25. The molecule has 0 spiro atoms. The zero-order chi connectivity index (χ0) is 9.10. The van der Waals surface area contributed by atoms with E-state index in [0.717, 1.165) is 12.5 Å². The van der Waals surface area contributed by atoms with Crippen LogP contribution in [-0.2, 0) is 0 Å². The van der Waals surface area contributed by atoms with E-state index in [-0.39, 0.29) is 5.91 Å². The maximum Gasteiger partial charge on any atom is 0.251 e. The molecule has 1 N–H and O–H groups in total. The van der Waals surface area contributed by atoms with Crippen LogP contribution in [0.5, 0.6) is 0 Å². The lowest BCUT2D eigenvalue weighted by Gasteiger charge is -2.02. The van der Waals surface area contributed by atoms with Gasteiger partial charge in [-0.25, -0.2) is 0 Å². The monoisotopic (exact) mass is 174 g/mol. The Morgan fingerprint density at radius 2 is 2.38 bits per heavy atom. The van der Waals surface area contributed by atoms with E-state index in [0.29, 0.717) is 5.56 Å². The maximum absolute atomic E-state index is 11.4. The standard InChI is InChI=1S/C11H12NO/c13-11(12-8-9-6-7-9)10-4-2-1-3-5-10/h1-4,9H,6-8H2,(H,12,13). The fourth-order valence-corrected chi connectivity index (χ4v) is 1.19. The summed E-state index contributed by atoms with van der Waals surface area (Å²) in [5, 5.41) is 2.89. The molecule has 0 saturated heterocycles. The third-order valence-electron chi connectivity index (χ3n) is 2.20. The van der Waals surface area contributed by atoms with Gasteiger partial charge in [0.05, 0.1) is 0 Å². The fraction of sp³-hybridized carbons (Fsp3) is 0.364. The van der Waals surface area contributed by atoms with Crippen molar-refractivity contribution in [1.29, 1.82) is 0 Å². The van der Waals surface area contributed by atoms with Crippen molar-refractivity contribution >= 4 is 5.91 Å². The van der Waals surface area contributed by atoms with Gasteiger partial charge in [-0.05, 0) is 30.9 Å². The number of rotatable bonds is 3. The van der Waals surface area contributed by atoms with Crippen LogP contribution in [0.15, 0.2) is 24.3 Å². The van der Waals surface area contributed by atoms with Gasteiger partial charge in [-0.2, -0.15) is 0 Å². The molecule has 0 bridgehead atoms. The maximum atomic E-state index is 11.4. The van der Waals surface area contributed by atoms with E-state index in [1.54, 1.807) is 12.1 Å². The van der Waals surface area contributed by atoms with Crippen LogP contribution in [-0.4, -0.2) is 12.5 Å². The van der Waals surface area contributed by atoms with Crippen molar-refractivity contribution in [3.05, 3.63) is 35.9 Å². The SMILES string of the molecule is O=C(NCC1CC1)c1[c]cccc1. The molecule has 67 valence electrons. The van der Waals surface area contributed by atoms with Crippen LogP contribution in [0.2, 0.25) is 0 Å². The lowest BCUT2D eigenvalue weighted by molar-refractivity contribution is 0.0951. The van der Waals surface area contributed by atoms with Gasteiger partial charge in [-0.15, -0.1) is 0 Å². The van der Waals surface area contributed by atoms with E-state index in [4.69, 9.17) is 0 Å². The normalized spacial score (nSPS) is 15.4. The van der Waals surface area contributed by atoms with Crippen LogP contribution in [0, 0.1) is 12.0 Å². The van der Waals surface area contributed by atoms with Crippen LogP contribution in [0.1, 0.15) is 23.2 Å². The minimum Gasteiger partial charge on any atom is -0.352 e. The number of hydrogen-bond donors (Lipinski definition) is 1. The van der Waals surface area contributed by atoms with Crippen LogP contribution >= 0.6 is 0 Å². The Hall–Kier alpha value is -1.31. The van der Waals surface area contributed by atoms with Crippen LogP contribution in [0.4, 0.5) is 0 Å². The molecular formula is C11H12NO. The average molecular weight is 174 g/mol. The number of hydrogen-bond acceptors (Lipinski definition) is 1. The summed E-state index contributed by atoms with van der Waals surface area (Å²) in [6.07, 6.45) is 2.53. The van der Waals surface area contributed by atoms with Crippen LogP contribution < -0.4 is 5.32 Å². The summed E-state index contributed by atoms with van der Waals surface area (Å²) in [6, 6.07) is 10.1. The highest BCUT2D eigenvalue weighted by Crippen LogP contribution is 2.27. The van der Waals surface area contributed by atoms with Crippen molar-refractivity contribution in [1.82, 2.24) is 5.32 Å². The first-order valence-electron chi connectivity index (χ1n) is 4.61. The highest BCUT2D eigenvalue weighted by Gasteiger charge is 2.21. The first-order chi connectivity index (χ1) is 6.36. The zero-order valence-corrected chi connectivity index (χ0v) is 7.42. The quantitative estimate of drug-likeness (QED) is 0.741. The highest BCUT2D eigenvalue weighted by atomic mass is 16.1. The zero-order valence-electron chi connectivity index (χ0n) is 7.42. The number of benzene rings is 1. The molecule has 2 heteroatoms. The van der Waals surface area contributed by atoms with E-state index in [9.17, 15) is 4.79 Å². The van der Waals surface area contributed by atoms with Gasteiger partial charge < -0.3 is 5.32 Å². The molecule has 2 nitrogen and oxygen atoms in total. The third kappa shape index (κ3) is 2.31. The summed E-state index contributed by atoms with van der Waals surface area (Å²) in [7, 11) is 0. The first kappa shape index (κ1) is 8.30. The number of carbonyl (C=O) groups is 1. The summed E-state index contributed by atoms with van der Waals surface area (Å²) in [4.78, 5) is 11.4. The highest BCUT2D eigenvalue weighted by molar-refractivity contribution is 5.93. The molecule has 2 rings (SSSR count). The second kappa shape index (κ2) is 3.60. The van der Waals surface area contributed by atoms with E-state index in [1.807, 2.05) is 12.1 Å². The molecule has 1 saturated carbocycles. The van der Waals surface area contributed by atoms with Crippen molar-refractivity contribution in [3.63, 3.8) is 0 Å². The van der Waals surface area contributed by atoms with Gasteiger partial charge in [0, 0.05) is 12.1 Å². The van der Waals surface area contributed by atoms with Gasteiger partial charge in [0.2, 0.25) is 0 Å². The summed E-state index contributed by atoms with van der Waals surface area (Å²) in [5.41, 5.74) is 0.628. The van der Waals surface area contributed by atoms with Crippen molar-refractivity contribution in [3.8, 4) is 0 Å². The molecule has 1 fully saturated rings. The molecule has 0 heterocycles. The largest absolute Gasteiger partial charge is 0.352 e. The lowest BCUT2D eigenvalue weighted by atomic mass is 10.2. The molecule has 1 aliphatic carbocycles. The number of nitrogens with one attached hydrogen (secondary N) is 1. The Kier molecular flexibility index (Phi) is 2.30. The molecule has 1 aliphatic rings. The predicted octanol–water partition coefficient (Wildman–Crippen LogP) is 1.63. The summed E-state index contributed by atoms with van der Waals surface area (Å²) in [6.45, 7) is 0.821. The second-order valence-electron chi connectivity index (χ2n) is 3.43. The smallest absolute Gasteiger partial charge is 0.251 e. The predicted molar refractivity (Wildman–Crippen MR) is 50.3 cm³/mol. The van der Waals surface area contributed by atoms with Crippen LogP contribution in [0.3, 0.4) is 0 Å². The Labute approximate surface area is 78.0 Å². The Morgan fingerprint density at radius 3 is 3.00 bits per heavy atom. The molecule has 1 amide bonds. The second-order valence-corrected chi connectivity index (χ2v) is 3.43. The summed E-state index contributed by atoms with van der Waals surface area (Å²) >= 11 is 0. The molecule has 1 aromatic carbocycles. The number of amides is 1. The van der Waals surface area contributed by atoms with Crippen molar-refractivity contribution in [2.75, 3.05) is 6.54 Å². The molecule has 0 unspecified atom stereocenters. The topological polar surface area (TPSA) is 29.1 Å². The van der Waals surface area contributed by atoms with E-state index < -0.39 is 0 Å². The first-order valence-corrected chi connectivity index (χ1v) is 4.61. The van der Waals surface area contributed by atoms with Gasteiger partial charge in [0.1, 0.15) is 0 Å². The Morgan fingerprint density at radius 1 is 1.54 bits per heavy atom. The minimum absolute atomic E-state index is 0.00694. The molecule has 0 aromatic heterocycles. The molecular weight excluding hydrogens is 162 g/mol. The molecule has 0 atom stereocenters. The van der Waals surface area contributed by atoms with Gasteiger partial charge >= 0.3 is 0 Å². The minimum atomic E-state index is -0.00694. The Balaban J connectivity index is 1.89. The van der Waals surface area contributed by atoms with Crippen molar-refractivity contribution in [2.45, 2.75) is 12.8 Å². The molecule has 1 aromatic rings. The van der Waals surface area contributed by atoms with Gasteiger partial charge in [-0.3, -0.25) is 4.79 Å². The van der Waals surface area contributed by atoms with E-state index >= 15 is 0 Å². The van der Waals surface area contributed by atoms with Gasteiger partial charge in [0.25, 0.3) is 5.91 Å². The molecule has 1 radical (unpaired) electrons. The van der Waals surface area contributed by atoms with Crippen LogP contribution in [0.25, 0.3) is 0 Å². The number of carbonyl (C=O) groups excluding carboxylic acids is 1. The fourth-order valence-electron chi connectivity index (χ4n) is 1.19. The van der Waals surface area contributed by atoms with Crippen molar-refractivity contribution in [2.24, 2.45) is 5.92 Å². The third-order valence-corrected chi connectivity index (χ3v) is 2.20. The van der Waals surface area contributed by atoms with Crippen molar-refractivity contribution < 1.29 is 4.79 Å². The molecule has 13 heavy (non-hydrogen) atoms. The van der Waals surface area contributed by atoms with Gasteiger partial charge in [-0.1, -0.05) is 18.2 Å². The Bertz CT molecular complexity index is 290. The van der Waals surface area contributed by atoms with E-state index in [1.165, 1.54) is 12.8 Å². The summed E-state index contributed by atoms with van der Waals surface area (Å²) in [5.74, 6) is 0.722. The van der Waals surface area contributed by atoms with Gasteiger partial charge in [0.15, 0.2) is 0 Å². The summed E-state index contributed by atoms with van der Waals surface area (Å²) < 4.78 is 0. The average Bonchev–Trinajstić information content (AvgIpc) is 2.99. The van der Waals surface area contributed by atoms with E-state index in [2.05, 4.69) is 11.4 Å².